The minimum absolute atomic E-state index is 0.162. The van der Waals surface area contributed by atoms with Crippen molar-refractivity contribution in [1.29, 1.82) is 0 Å². The van der Waals surface area contributed by atoms with Crippen LogP contribution < -0.4 is 0 Å². The van der Waals surface area contributed by atoms with Gasteiger partial charge in [-0.1, -0.05) is 18.2 Å². The predicted molar refractivity (Wildman–Crippen MR) is 81.1 cm³/mol. The van der Waals surface area contributed by atoms with Crippen molar-refractivity contribution in [3.63, 3.8) is 0 Å². The van der Waals surface area contributed by atoms with E-state index >= 15 is 0 Å². The summed E-state index contributed by atoms with van der Waals surface area (Å²) in [5.41, 5.74) is 2.97. The normalized spacial score (nSPS) is 29.5. The Morgan fingerprint density at radius 3 is 2.76 bits per heavy atom. The van der Waals surface area contributed by atoms with E-state index in [9.17, 15) is 15.3 Å². The Balaban J connectivity index is 1.90. The van der Waals surface area contributed by atoms with E-state index in [0.29, 0.717) is 0 Å². The highest BCUT2D eigenvalue weighted by atomic mass is 32.1. The van der Waals surface area contributed by atoms with Gasteiger partial charge in [-0.05, 0) is 39.6 Å². The lowest BCUT2D eigenvalue weighted by Gasteiger charge is -2.37. The second-order valence-electron chi connectivity index (χ2n) is 5.29. The fourth-order valence-corrected chi connectivity index (χ4v) is 3.34. The Hall–Kier alpha value is -1.24. The molecule has 1 saturated heterocycles. The second-order valence-corrected chi connectivity index (χ2v) is 6.07. The van der Waals surface area contributed by atoms with Gasteiger partial charge in [0.15, 0.2) is 0 Å². The molecule has 0 aliphatic carbocycles. The molecule has 0 radical (unpaired) electrons. The molecule has 1 aromatic carbocycles. The van der Waals surface area contributed by atoms with Crippen molar-refractivity contribution in [3.05, 3.63) is 46.7 Å². The third-order valence-corrected chi connectivity index (χ3v) is 4.50. The van der Waals surface area contributed by atoms with E-state index in [-0.39, 0.29) is 13.0 Å². The summed E-state index contributed by atoms with van der Waals surface area (Å²) in [7, 11) is 0. The van der Waals surface area contributed by atoms with Crippen LogP contribution in [0.1, 0.15) is 18.1 Å². The number of benzene rings is 1. The molecule has 4 nitrogen and oxygen atoms in total. The van der Waals surface area contributed by atoms with Crippen molar-refractivity contribution in [2.45, 2.75) is 30.8 Å². The summed E-state index contributed by atoms with van der Waals surface area (Å²) in [5.74, 6) is 0. The van der Waals surface area contributed by atoms with Gasteiger partial charge in [-0.2, -0.15) is 11.3 Å². The van der Waals surface area contributed by atoms with E-state index in [2.05, 4.69) is 5.38 Å². The molecule has 5 heteroatoms. The van der Waals surface area contributed by atoms with E-state index in [1.54, 1.807) is 11.3 Å². The van der Waals surface area contributed by atoms with Gasteiger partial charge in [0.2, 0.25) is 0 Å². The number of ether oxygens (including phenoxy) is 1. The molecule has 1 aliphatic rings. The Labute approximate surface area is 127 Å². The van der Waals surface area contributed by atoms with Gasteiger partial charge in [0, 0.05) is 6.42 Å². The zero-order valence-corrected chi connectivity index (χ0v) is 12.2. The molecular formula is C16H18O4S. The zero-order valence-electron chi connectivity index (χ0n) is 11.4. The summed E-state index contributed by atoms with van der Waals surface area (Å²) in [5, 5.41) is 33.4. The first-order chi connectivity index (χ1) is 10.2. The first kappa shape index (κ1) is 14.7. The van der Waals surface area contributed by atoms with Crippen LogP contribution in [0.25, 0.3) is 11.1 Å². The van der Waals surface area contributed by atoms with Crippen LogP contribution in [0, 0.1) is 0 Å². The van der Waals surface area contributed by atoms with E-state index in [0.717, 1.165) is 16.7 Å². The van der Waals surface area contributed by atoms with Crippen molar-refractivity contribution in [3.8, 4) is 11.1 Å². The number of hydrogen-bond acceptors (Lipinski definition) is 5. The van der Waals surface area contributed by atoms with E-state index in [4.69, 9.17) is 4.74 Å². The minimum atomic E-state index is -0.981. The maximum atomic E-state index is 10.2. The monoisotopic (exact) mass is 306 g/mol. The summed E-state index contributed by atoms with van der Waals surface area (Å²) in [4.78, 5) is 0. The average molecular weight is 306 g/mol. The maximum Gasteiger partial charge on any atom is 0.111 e. The summed E-state index contributed by atoms with van der Waals surface area (Å²) < 4.78 is 5.72. The van der Waals surface area contributed by atoms with Crippen molar-refractivity contribution in [1.82, 2.24) is 0 Å². The van der Waals surface area contributed by atoms with Crippen molar-refractivity contribution >= 4 is 11.3 Å². The Morgan fingerprint density at radius 1 is 1.19 bits per heavy atom. The SMILES string of the molecule is OCC1CC(O)C(O)C(c2cccc(-c3ccsc3)c2)O1. The van der Waals surface area contributed by atoms with E-state index in [1.165, 1.54) is 0 Å². The fraction of sp³-hybridized carbons (Fsp3) is 0.375. The van der Waals surface area contributed by atoms with Crippen molar-refractivity contribution in [2.75, 3.05) is 6.61 Å². The van der Waals surface area contributed by atoms with Gasteiger partial charge in [-0.3, -0.25) is 0 Å². The highest BCUT2D eigenvalue weighted by Gasteiger charge is 2.37. The molecule has 0 saturated carbocycles. The van der Waals surface area contributed by atoms with Crippen LogP contribution in [0.5, 0.6) is 0 Å². The molecule has 1 fully saturated rings. The Kier molecular flexibility index (Phi) is 4.37. The van der Waals surface area contributed by atoms with Crippen LogP contribution in [-0.4, -0.2) is 40.2 Å². The molecule has 1 aromatic heterocycles. The fourth-order valence-electron chi connectivity index (χ4n) is 2.67. The first-order valence-corrected chi connectivity index (χ1v) is 7.88. The summed E-state index contributed by atoms with van der Waals surface area (Å²) in [6.07, 6.45) is -2.68. The molecule has 4 atom stereocenters. The molecule has 3 N–H and O–H groups in total. The summed E-state index contributed by atoms with van der Waals surface area (Å²) in [6, 6.07) is 9.78. The lowest BCUT2D eigenvalue weighted by atomic mass is 9.92. The lowest BCUT2D eigenvalue weighted by Crippen LogP contribution is -2.44. The lowest BCUT2D eigenvalue weighted by molar-refractivity contribution is -0.179. The van der Waals surface area contributed by atoms with Gasteiger partial charge in [-0.15, -0.1) is 0 Å². The van der Waals surface area contributed by atoms with Crippen LogP contribution >= 0.6 is 11.3 Å². The highest BCUT2D eigenvalue weighted by molar-refractivity contribution is 7.08. The summed E-state index contributed by atoms with van der Waals surface area (Å²) >= 11 is 1.63. The minimum Gasteiger partial charge on any atom is -0.394 e. The Bertz CT molecular complexity index is 584. The third kappa shape index (κ3) is 3.02. The van der Waals surface area contributed by atoms with E-state index < -0.39 is 24.4 Å². The Morgan fingerprint density at radius 2 is 2.05 bits per heavy atom. The molecule has 3 rings (SSSR count). The van der Waals surface area contributed by atoms with Gasteiger partial charge in [-0.25, -0.2) is 0 Å². The molecule has 2 heterocycles. The standard InChI is InChI=1S/C16H18O4S/c17-8-13-7-14(18)15(19)16(20-13)11-3-1-2-10(6-11)12-4-5-21-9-12/h1-6,9,13-19H,7-8H2. The average Bonchev–Trinajstić information content (AvgIpc) is 3.04. The van der Waals surface area contributed by atoms with Gasteiger partial charge in [0.05, 0.1) is 18.8 Å². The number of thiophene rings is 1. The maximum absolute atomic E-state index is 10.2. The van der Waals surface area contributed by atoms with Gasteiger partial charge >= 0.3 is 0 Å². The molecule has 112 valence electrons. The number of aliphatic hydroxyl groups excluding tert-OH is 3. The number of rotatable bonds is 3. The van der Waals surface area contributed by atoms with Gasteiger partial charge in [0.25, 0.3) is 0 Å². The predicted octanol–water partition coefficient (Wildman–Crippen LogP) is 1.96. The topological polar surface area (TPSA) is 69.9 Å². The molecule has 0 amide bonds. The number of hydrogen-bond donors (Lipinski definition) is 3. The summed E-state index contributed by atoms with van der Waals surface area (Å²) in [6.45, 7) is -0.162. The van der Waals surface area contributed by atoms with E-state index in [1.807, 2.05) is 35.7 Å². The quantitative estimate of drug-likeness (QED) is 0.811. The third-order valence-electron chi connectivity index (χ3n) is 3.82. The molecule has 0 bridgehead atoms. The number of aliphatic hydroxyl groups is 3. The molecule has 21 heavy (non-hydrogen) atoms. The van der Waals surface area contributed by atoms with Crippen LogP contribution in [0.15, 0.2) is 41.1 Å². The molecular weight excluding hydrogens is 288 g/mol. The van der Waals surface area contributed by atoms with Gasteiger partial charge < -0.3 is 20.1 Å². The van der Waals surface area contributed by atoms with Crippen LogP contribution in [0.2, 0.25) is 0 Å². The van der Waals surface area contributed by atoms with Gasteiger partial charge in [0.1, 0.15) is 12.2 Å². The smallest absolute Gasteiger partial charge is 0.111 e. The molecule has 1 aliphatic heterocycles. The molecule has 4 unspecified atom stereocenters. The van der Waals surface area contributed by atoms with Crippen molar-refractivity contribution < 1.29 is 20.1 Å². The molecule has 0 spiro atoms. The highest BCUT2D eigenvalue weighted by Crippen LogP contribution is 2.34. The largest absolute Gasteiger partial charge is 0.394 e. The first-order valence-electron chi connectivity index (χ1n) is 6.94. The van der Waals surface area contributed by atoms with Crippen molar-refractivity contribution in [2.24, 2.45) is 0 Å². The van der Waals surface area contributed by atoms with Crippen LogP contribution in [0.4, 0.5) is 0 Å². The second kappa shape index (κ2) is 6.25. The van der Waals surface area contributed by atoms with Crippen LogP contribution in [0.3, 0.4) is 0 Å². The van der Waals surface area contributed by atoms with Crippen LogP contribution in [-0.2, 0) is 4.74 Å². The molecule has 2 aromatic rings. The zero-order chi connectivity index (χ0) is 14.8.